The Morgan fingerprint density at radius 1 is 1.12 bits per heavy atom. The number of rotatable bonds is 0. The fourth-order valence-corrected chi connectivity index (χ4v) is 0. The van der Waals surface area contributed by atoms with Gasteiger partial charge in [0, 0.05) is 17.1 Å². The van der Waals surface area contributed by atoms with E-state index in [1.165, 1.54) is 0 Å². The Kier molecular flexibility index (Phi) is 22.4. The first-order valence-corrected chi connectivity index (χ1v) is 2.10. The zero-order chi connectivity index (χ0) is 4.50. The second-order valence-electron chi connectivity index (χ2n) is 0.448. The Labute approximate surface area is 63.9 Å². The van der Waals surface area contributed by atoms with Gasteiger partial charge < -0.3 is 6.15 Å². The summed E-state index contributed by atoms with van der Waals surface area (Å²) in [4.78, 5) is 0. The molecule has 0 aromatic carbocycles. The third kappa shape index (κ3) is 516. The molecule has 0 saturated carbocycles. The van der Waals surface area contributed by atoms with Crippen LogP contribution in [0.15, 0.2) is 0 Å². The molecule has 0 unspecified atom stereocenters. The summed E-state index contributed by atoms with van der Waals surface area (Å²) in [5.41, 5.74) is 0. The van der Waals surface area contributed by atoms with Gasteiger partial charge in [0.15, 0.2) is 0 Å². The summed E-state index contributed by atoms with van der Waals surface area (Å²) < 4.78 is 31.6. The maximum absolute atomic E-state index is 8.74. The average molecular weight is 207 g/mol. The molecule has 0 atom stereocenters. The van der Waals surface area contributed by atoms with Gasteiger partial charge in [0.05, 0.1) is 0 Å². The summed E-state index contributed by atoms with van der Waals surface area (Å²) in [6.07, 6.45) is 0. The fraction of sp³-hybridized carbons (Fsp3) is 0. The van der Waals surface area contributed by atoms with E-state index >= 15 is 0 Å². The van der Waals surface area contributed by atoms with E-state index < -0.39 is 10.4 Å². The van der Waals surface area contributed by atoms with Gasteiger partial charge in [0.25, 0.3) is 0 Å². The molecule has 0 amide bonds. The molecule has 0 aromatic heterocycles. The predicted octanol–water partition coefficient (Wildman–Crippen LogP) is -0.0715. The molecule has 0 aliphatic carbocycles. The summed E-state index contributed by atoms with van der Waals surface area (Å²) in [5, 5.41) is 0. The monoisotopic (exact) mass is 207 g/mol. The van der Waals surface area contributed by atoms with Crippen LogP contribution in [0, 0.1) is 0 Å². The minimum atomic E-state index is -4.67. The molecule has 0 saturated heterocycles. The standard InChI is InChI=1S/ClH.Fe.H3N.H2O4S/c;;;1-5(2,3)4/h1H;;1H3;(H2,1,2,3,4). The van der Waals surface area contributed by atoms with E-state index in [2.05, 4.69) is 0 Å². The molecule has 0 radical (unpaired) electrons. The van der Waals surface area contributed by atoms with Crippen molar-refractivity contribution < 1.29 is 34.6 Å². The Morgan fingerprint density at radius 2 is 1.12 bits per heavy atom. The van der Waals surface area contributed by atoms with Gasteiger partial charge in [-0.2, -0.15) is 8.42 Å². The van der Waals surface area contributed by atoms with Gasteiger partial charge in [-0.05, 0) is 0 Å². The van der Waals surface area contributed by atoms with Crippen molar-refractivity contribution in [1.29, 1.82) is 0 Å². The van der Waals surface area contributed by atoms with Crippen molar-refractivity contribution >= 4 is 22.8 Å². The number of hydrogen-bond acceptors (Lipinski definition) is 3. The summed E-state index contributed by atoms with van der Waals surface area (Å²) in [6.45, 7) is 0. The number of halogens is 1. The molecule has 0 aliphatic rings. The Bertz CT molecular complexity index is 99.2. The molecule has 0 bridgehead atoms. The molecular formula is H6ClFeNO4S. The van der Waals surface area contributed by atoms with Gasteiger partial charge in [-0.25, -0.2) is 0 Å². The van der Waals surface area contributed by atoms with Crippen LogP contribution < -0.4 is 6.15 Å². The van der Waals surface area contributed by atoms with Gasteiger partial charge >= 0.3 is 10.4 Å². The summed E-state index contributed by atoms with van der Waals surface area (Å²) in [7, 11) is -4.67. The quantitative estimate of drug-likeness (QED) is 0.380. The zero-order valence-electron chi connectivity index (χ0n) is 3.59. The SMILES string of the molecule is Cl.N.O=S(=O)(O)O.[Fe]. The van der Waals surface area contributed by atoms with Gasteiger partial charge in [0.2, 0.25) is 0 Å². The van der Waals surface area contributed by atoms with Gasteiger partial charge in [0.1, 0.15) is 0 Å². The van der Waals surface area contributed by atoms with Crippen molar-refractivity contribution in [3.8, 4) is 0 Å². The Hall–Kier alpha value is 0.639. The van der Waals surface area contributed by atoms with Crippen molar-refractivity contribution in [2.75, 3.05) is 0 Å². The van der Waals surface area contributed by atoms with E-state index in [4.69, 9.17) is 17.5 Å². The van der Waals surface area contributed by atoms with Crippen LogP contribution in [0.2, 0.25) is 0 Å². The maximum atomic E-state index is 8.74. The van der Waals surface area contributed by atoms with Crippen molar-refractivity contribution in [2.24, 2.45) is 0 Å². The second kappa shape index (κ2) is 7.64. The van der Waals surface area contributed by atoms with Crippen LogP contribution in [0.3, 0.4) is 0 Å². The first-order valence-electron chi connectivity index (χ1n) is 0.698. The topological polar surface area (TPSA) is 110 Å². The van der Waals surface area contributed by atoms with Gasteiger partial charge in [-0.3, -0.25) is 9.11 Å². The Morgan fingerprint density at radius 3 is 1.12 bits per heavy atom. The Balaban J connectivity index is -0.0000000267. The van der Waals surface area contributed by atoms with E-state index in [0.29, 0.717) is 0 Å². The second-order valence-corrected chi connectivity index (χ2v) is 1.34. The van der Waals surface area contributed by atoms with E-state index in [1.807, 2.05) is 0 Å². The van der Waals surface area contributed by atoms with E-state index in [1.54, 1.807) is 0 Å². The normalized spacial score (nSPS) is 7.25. The third-order valence-corrected chi connectivity index (χ3v) is 0. The van der Waals surface area contributed by atoms with Crippen LogP contribution >= 0.6 is 12.4 Å². The molecule has 0 aliphatic heterocycles. The van der Waals surface area contributed by atoms with Crippen molar-refractivity contribution in [3.05, 3.63) is 0 Å². The molecule has 0 rings (SSSR count). The van der Waals surface area contributed by atoms with Gasteiger partial charge in [-0.15, -0.1) is 12.4 Å². The maximum Gasteiger partial charge on any atom is 0.394 e. The minimum Gasteiger partial charge on any atom is -0.344 e. The van der Waals surface area contributed by atoms with Crippen molar-refractivity contribution in [3.63, 3.8) is 0 Å². The molecule has 5 N–H and O–H groups in total. The average Bonchev–Trinajstić information content (AvgIpc) is 0.722. The zero-order valence-corrected chi connectivity index (χ0v) is 6.33. The van der Waals surface area contributed by atoms with Crippen LogP contribution in [-0.2, 0) is 27.5 Å². The fourth-order valence-electron chi connectivity index (χ4n) is 0. The first-order chi connectivity index (χ1) is 2.00. The van der Waals surface area contributed by atoms with E-state index in [-0.39, 0.29) is 35.6 Å². The van der Waals surface area contributed by atoms with Crippen LogP contribution in [0.1, 0.15) is 0 Å². The van der Waals surface area contributed by atoms with Crippen LogP contribution in [-0.4, -0.2) is 17.5 Å². The molecule has 0 aromatic rings. The molecule has 8 heavy (non-hydrogen) atoms. The molecule has 0 fully saturated rings. The van der Waals surface area contributed by atoms with Gasteiger partial charge in [-0.1, -0.05) is 0 Å². The molecule has 56 valence electrons. The summed E-state index contributed by atoms with van der Waals surface area (Å²) in [5.74, 6) is 0. The molecule has 8 heteroatoms. The summed E-state index contributed by atoms with van der Waals surface area (Å²) >= 11 is 0. The van der Waals surface area contributed by atoms with E-state index in [0.717, 1.165) is 0 Å². The molecule has 0 heterocycles. The molecule has 5 nitrogen and oxygen atoms in total. The summed E-state index contributed by atoms with van der Waals surface area (Å²) in [6, 6.07) is 0. The van der Waals surface area contributed by atoms with Crippen LogP contribution in [0.25, 0.3) is 0 Å². The van der Waals surface area contributed by atoms with E-state index in [9.17, 15) is 0 Å². The van der Waals surface area contributed by atoms with Crippen molar-refractivity contribution in [2.45, 2.75) is 0 Å². The van der Waals surface area contributed by atoms with Crippen LogP contribution in [0.5, 0.6) is 0 Å². The largest absolute Gasteiger partial charge is 0.394 e. The number of hydrogen-bond donors (Lipinski definition) is 3. The third-order valence-electron chi connectivity index (χ3n) is 0. The smallest absolute Gasteiger partial charge is 0.344 e. The first kappa shape index (κ1) is 23.4. The molecular weight excluding hydrogens is 201 g/mol. The minimum absolute atomic E-state index is 0. The molecule has 0 spiro atoms. The van der Waals surface area contributed by atoms with Crippen LogP contribution in [0.4, 0.5) is 0 Å². The predicted molar refractivity (Wildman–Crippen MR) is 26.4 cm³/mol. The van der Waals surface area contributed by atoms with Crippen molar-refractivity contribution in [1.82, 2.24) is 6.15 Å².